The second kappa shape index (κ2) is 5.28. The van der Waals surface area contributed by atoms with Crippen molar-refractivity contribution in [2.75, 3.05) is 6.54 Å². The van der Waals surface area contributed by atoms with Gasteiger partial charge in [0.25, 0.3) is 0 Å². The number of hydrogen-bond donors (Lipinski definition) is 3. The molecule has 1 heterocycles. The maximum Gasteiger partial charge on any atom is 0.410 e. The summed E-state index contributed by atoms with van der Waals surface area (Å²) in [6.07, 6.45) is -0.956. The third-order valence-electron chi connectivity index (χ3n) is 3.76. The fourth-order valence-electron chi connectivity index (χ4n) is 2.74. The van der Waals surface area contributed by atoms with E-state index in [4.69, 9.17) is 0 Å². The minimum absolute atomic E-state index is 0.113. The Morgan fingerprint density at radius 3 is 2.90 bits per heavy atom. The number of halogens is 1. The SMILES string of the molecule is CC1CNC(Cc2cccc(O)c2)C(C)(F)N1C(=O)O. The first-order valence-electron chi connectivity index (χ1n) is 6.55. The topological polar surface area (TPSA) is 72.8 Å². The van der Waals surface area contributed by atoms with Gasteiger partial charge in [0.2, 0.25) is 5.79 Å². The molecule has 110 valence electrons. The van der Waals surface area contributed by atoms with Crippen LogP contribution in [0.2, 0.25) is 0 Å². The molecule has 0 saturated carbocycles. The van der Waals surface area contributed by atoms with E-state index in [1.165, 1.54) is 13.0 Å². The Labute approximate surface area is 117 Å². The molecule has 3 N–H and O–H groups in total. The molecule has 1 fully saturated rings. The summed E-state index contributed by atoms with van der Waals surface area (Å²) in [7, 11) is 0. The molecule has 1 amide bonds. The van der Waals surface area contributed by atoms with E-state index in [9.17, 15) is 19.4 Å². The summed E-state index contributed by atoms with van der Waals surface area (Å²) < 4.78 is 14.9. The van der Waals surface area contributed by atoms with E-state index >= 15 is 0 Å². The molecule has 1 aromatic rings. The first-order chi connectivity index (χ1) is 9.32. The number of hydrogen-bond acceptors (Lipinski definition) is 3. The van der Waals surface area contributed by atoms with Gasteiger partial charge in [-0.05, 0) is 38.0 Å². The summed E-state index contributed by atoms with van der Waals surface area (Å²) in [6, 6.07) is 5.47. The van der Waals surface area contributed by atoms with Gasteiger partial charge in [-0.1, -0.05) is 12.1 Å². The Kier molecular flexibility index (Phi) is 3.85. The molecular weight excluding hydrogens is 263 g/mol. The Bertz CT molecular complexity index is 507. The number of rotatable bonds is 2. The van der Waals surface area contributed by atoms with E-state index in [1.54, 1.807) is 25.1 Å². The molecule has 0 spiro atoms. The van der Waals surface area contributed by atoms with Crippen LogP contribution in [0.5, 0.6) is 5.75 Å². The maximum atomic E-state index is 14.9. The minimum atomic E-state index is -2.00. The molecular formula is C14H19FN2O3. The van der Waals surface area contributed by atoms with Crippen molar-refractivity contribution in [1.82, 2.24) is 10.2 Å². The first-order valence-corrected chi connectivity index (χ1v) is 6.55. The molecule has 1 aliphatic rings. The highest BCUT2D eigenvalue weighted by molar-refractivity contribution is 5.66. The number of nitrogens with one attached hydrogen (secondary N) is 1. The van der Waals surface area contributed by atoms with Crippen molar-refractivity contribution < 1.29 is 19.4 Å². The highest BCUT2D eigenvalue weighted by Gasteiger charge is 2.48. The van der Waals surface area contributed by atoms with E-state index in [1.807, 2.05) is 0 Å². The lowest BCUT2D eigenvalue weighted by atomic mass is 9.93. The molecule has 1 aromatic carbocycles. The highest BCUT2D eigenvalue weighted by Crippen LogP contribution is 2.30. The van der Waals surface area contributed by atoms with Crippen LogP contribution in [0.1, 0.15) is 19.4 Å². The van der Waals surface area contributed by atoms with Gasteiger partial charge in [-0.25, -0.2) is 9.18 Å². The van der Waals surface area contributed by atoms with Gasteiger partial charge >= 0.3 is 6.09 Å². The molecule has 1 saturated heterocycles. The molecule has 6 heteroatoms. The highest BCUT2D eigenvalue weighted by atomic mass is 19.1. The minimum Gasteiger partial charge on any atom is -0.508 e. The Morgan fingerprint density at radius 1 is 1.60 bits per heavy atom. The average Bonchev–Trinajstić information content (AvgIpc) is 2.32. The van der Waals surface area contributed by atoms with Crippen molar-refractivity contribution in [3.63, 3.8) is 0 Å². The normalized spacial score (nSPS) is 30.2. The predicted molar refractivity (Wildman–Crippen MR) is 72.4 cm³/mol. The smallest absolute Gasteiger partial charge is 0.410 e. The van der Waals surface area contributed by atoms with Crippen LogP contribution in [0.3, 0.4) is 0 Å². The van der Waals surface area contributed by atoms with Gasteiger partial charge in [-0.15, -0.1) is 0 Å². The van der Waals surface area contributed by atoms with E-state index in [2.05, 4.69) is 5.32 Å². The van der Waals surface area contributed by atoms with Crippen molar-refractivity contribution >= 4 is 6.09 Å². The van der Waals surface area contributed by atoms with E-state index in [0.29, 0.717) is 13.0 Å². The second-order valence-corrected chi connectivity index (χ2v) is 5.36. The number of carbonyl (C=O) groups is 1. The number of alkyl halides is 1. The summed E-state index contributed by atoms with van der Waals surface area (Å²) in [5.41, 5.74) is 0.756. The summed E-state index contributed by atoms with van der Waals surface area (Å²) in [6.45, 7) is 3.34. The van der Waals surface area contributed by atoms with Crippen molar-refractivity contribution in [3.8, 4) is 5.75 Å². The van der Waals surface area contributed by atoms with Crippen molar-refractivity contribution in [1.29, 1.82) is 0 Å². The molecule has 0 aliphatic carbocycles. The second-order valence-electron chi connectivity index (χ2n) is 5.36. The molecule has 2 rings (SSSR count). The summed E-state index contributed by atoms with van der Waals surface area (Å²) >= 11 is 0. The van der Waals surface area contributed by atoms with Gasteiger partial charge in [0.15, 0.2) is 0 Å². The molecule has 3 unspecified atom stereocenters. The largest absolute Gasteiger partial charge is 0.508 e. The quantitative estimate of drug-likeness (QED) is 0.725. The molecule has 0 aromatic heterocycles. The molecule has 3 atom stereocenters. The van der Waals surface area contributed by atoms with Gasteiger partial charge in [0.05, 0.1) is 6.04 Å². The fourth-order valence-corrected chi connectivity index (χ4v) is 2.74. The number of benzene rings is 1. The van der Waals surface area contributed by atoms with Gasteiger partial charge < -0.3 is 15.5 Å². The van der Waals surface area contributed by atoms with E-state index < -0.39 is 24.0 Å². The fraction of sp³-hybridized carbons (Fsp3) is 0.500. The van der Waals surface area contributed by atoms with Gasteiger partial charge in [0, 0.05) is 12.6 Å². The summed E-state index contributed by atoms with van der Waals surface area (Å²) in [5.74, 6) is -1.89. The number of carboxylic acid groups (broad SMARTS) is 1. The predicted octanol–water partition coefficient (Wildman–Crippen LogP) is 1.96. The van der Waals surface area contributed by atoms with Crippen LogP contribution in [-0.2, 0) is 6.42 Å². The Hall–Kier alpha value is -1.82. The van der Waals surface area contributed by atoms with E-state index in [-0.39, 0.29) is 5.75 Å². The zero-order valence-corrected chi connectivity index (χ0v) is 11.5. The number of nitrogens with zero attached hydrogens (tertiary/aromatic N) is 1. The zero-order valence-electron chi connectivity index (χ0n) is 11.5. The third kappa shape index (κ3) is 2.70. The van der Waals surface area contributed by atoms with Crippen molar-refractivity contribution in [3.05, 3.63) is 29.8 Å². The lowest BCUT2D eigenvalue weighted by Crippen LogP contribution is -2.68. The number of amides is 1. The first kappa shape index (κ1) is 14.6. The van der Waals surface area contributed by atoms with Crippen LogP contribution < -0.4 is 5.32 Å². The van der Waals surface area contributed by atoms with Gasteiger partial charge in [-0.3, -0.25) is 4.90 Å². The van der Waals surface area contributed by atoms with Crippen LogP contribution in [-0.4, -0.2) is 45.6 Å². The number of phenols is 1. The van der Waals surface area contributed by atoms with Crippen molar-refractivity contribution in [2.45, 2.75) is 38.1 Å². The van der Waals surface area contributed by atoms with Crippen LogP contribution in [0.15, 0.2) is 24.3 Å². The standard InChI is InChI=1S/C14H19FN2O3/c1-9-8-16-12(14(2,15)17(9)13(19)20)7-10-4-3-5-11(18)6-10/h3-6,9,12,16,18H,7-8H2,1-2H3,(H,19,20). The number of piperazine rings is 1. The molecule has 5 nitrogen and oxygen atoms in total. The van der Waals surface area contributed by atoms with Crippen LogP contribution in [0.4, 0.5) is 9.18 Å². The summed E-state index contributed by atoms with van der Waals surface area (Å²) in [5, 5.41) is 21.7. The zero-order chi connectivity index (χ0) is 14.9. The van der Waals surface area contributed by atoms with Crippen LogP contribution >= 0.6 is 0 Å². The van der Waals surface area contributed by atoms with Crippen LogP contribution in [0.25, 0.3) is 0 Å². The maximum absolute atomic E-state index is 14.9. The summed E-state index contributed by atoms with van der Waals surface area (Å²) in [4.78, 5) is 12.1. The lowest BCUT2D eigenvalue weighted by Gasteiger charge is -2.47. The molecule has 1 aliphatic heterocycles. The number of phenolic OH excluding ortho intramolecular Hbond substituents is 1. The number of aromatic hydroxyl groups is 1. The van der Waals surface area contributed by atoms with E-state index in [0.717, 1.165) is 10.5 Å². The van der Waals surface area contributed by atoms with Crippen LogP contribution in [0, 0.1) is 0 Å². The van der Waals surface area contributed by atoms with Gasteiger partial charge in [-0.2, -0.15) is 0 Å². The molecule has 20 heavy (non-hydrogen) atoms. The molecule has 0 radical (unpaired) electrons. The lowest BCUT2D eigenvalue weighted by molar-refractivity contribution is -0.0772. The third-order valence-corrected chi connectivity index (χ3v) is 3.76. The van der Waals surface area contributed by atoms with Crippen molar-refractivity contribution in [2.24, 2.45) is 0 Å². The van der Waals surface area contributed by atoms with Gasteiger partial charge in [0.1, 0.15) is 5.75 Å². The average molecular weight is 282 g/mol. The monoisotopic (exact) mass is 282 g/mol. The Morgan fingerprint density at radius 2 is 2.30 bits per heavy atom. The Balaban J connectivity index is 2.21. The molecule has 0 bridgehead atoms.